The highest BCUT2D eigenvalue weighted by Gasteiger charge is 2.30. The Kier molecular flexibility index (Phi) is 5.50. The Morgan fingerprint density at radius 1 is 1.14 bits per heavy atom. The van der Waals surface area contributed by atoms with Gasteiger partial charge in [-0.1, -0.05) is 48.5 Å². The minimum absolute atomic E-state index is 0.209. The molecule has 0 amide bonds. The van der Waals surface area contributed by atoms with Crippen LogP contribution in [0.25, 0.3) is 11.4 Å². The fourth-order valence-electron chi connectivity index (χ4n) is 3.36. The van der Waals surface area contributed by atoms with E-state index >= 15 is 0 Å². The fourth-order valence-corrected chi connectivity index (χ4v) is 3.62. The van der Waals surface area contributed by atoms with Gasteiger partial charge < -0.3 is 0 Å². The van der Waals surface area contributed by atoms with Gasteiger partial charge in [0.05, 0.1) is 6.67 Å². The summed E-state index contributed by atoms with van der Waals surface area (Å²) in [5.74, 6) is 0.641. The molecule has 6 heteroatoms. The van der Waals surface area contributed by atoms with Gasteiger partial charge in [-0.2, -0.15) is 5.10 Å². The summed E-state index contributed by atoms with van der Waals surface area (Å²) in [6.45, 7) is 5.84. The highest BCUT2D eigenvalue weighted by molar-refractivity contribution is 7.71. The Hall–Kier alpha value is -2.57. The van der Waals surface area contributed by atoms with Crippen molar-refractivity contribution in [2.45, 2.75) is 38.6 Å². The highest BCUT2D eigenvalue weighted by Crippen LogP contribution is 2.29. The summed E-state index contributed by atoms with van der Waals surface area (Å²) in [4.78, 5) is 2.36. The molecular weight excluding hydrogens is 371 g/mol. The van der Waals surface area contributed by atoms with Crippen molar-refractivity contribution < 1.29 is 4.39 Å². The molecule has 0 aliphatic heterocycles. The minimum atomic E-state index is -0.209. The lowest BCUT2D eigenvalue weighted by Crippen LogP contribution is -2.29. The maximum absolute atomic E-state index is 13.2. The van der Waals surface area contributed by atoms with Crippen LogP contribution in [-0.4, -0.2) is 25.3 Å². The van der Waals surface area contributed by atoms with E-state index in [1.807, 2.05) is 57.8 Å². The number of hydrogen-bond acceptors (Lipinski definition) is 3. The molecule has 0 unspecified atom stereocenters. The van der Waals surface area contributed by atoms with Crippen LogP contribution in [0.2, 0.25) is 0 Å². The van der Waals surface area contributed by atoms with Crippen molar-refractivity contribution in [3.63, 3.8) is 0 Å². The summed E-state index contributed by atoms with van der Waals surface area (Å²) in [5, 5.41) is 4.83. The van der Waals surface area contributed by atoms with E-state index < -0.39 is 0 Å². The first kappa shape index (κ1) is 18.8. The second-order valence-electron chi connectivity index (χ2n) is 7.12. The van der Waals surface area contributed by atoms with E-state index in [-0.39, 0.29) is 5.82 Å². The van der Waals surface area contributed by atoms with Crippen molar-refractivity contribution in [3.8, 4) is 11.4 Å². The number of rotatable bonds is 8. The number of hydrogen-bond donors (Lipinski definition) is 0. The molecule has 28 heavy (non-hydrogen) atoms. The van der Waals surface area contributed by atoms with Crippen LogP contribution in [0, 0.1) is 10.6 Å². The first-order valence-corrected chi connectivity index (χ1v) is 9.89. The number of nitrogens with zero attached hydrogens (tertiary/aromatic N) is 4. The average molecular weight is 395 g/mol. The minimum Gasteiger partial charge on any atom is -0.296 e. The normalized spacial score (nSPS) is 13.8. The van der Waals surface area contributed by atoms with Gasteiger partial charge in [0, 0.05) is 24.7 Å². The largest absolute Gasteiger partial charge is 0.296 e. The monoisotopic (exact) mass is 394 g/mol. The molecule has 1 heterocycles. The van der Waals surface area contributed by atoms with Crippen molar-refractivity contribution >= 4 is 12.2 Å². The molecule has 1 aliphatic carbocycles. The van der Waals surface area contributed by atoms with E-state index in [1.54, 1.807) is 0 Å². The third kappa shape index (κ3) is 4.13. The number of aromatic nitrogens is 3. The van der Waals surface area contributed by atoms with Gasteiger partial charge in [-0.25, -0.2) is 9.07 Å². The van der Waals surface area contributed by atoms with E-state index in [9.17, 15) is 4.39 Å². The number of allylic oxidation sites excluding steroid dienone is 1. The lowest BCUT2D eigenvalue weighted by Gasteiger charge is -2.21. The molecule has 0 N–H and O–H groups in total. The van der Waals surface area contributed by atoms with E-state index in [2.05, 4.69) is 11.5 Å². The third-order valence-electron chi connectivity index (χ3n) is 4.94. The maximum Gasteiger partial charge on any atom is 0.199 e. The van der Waals surface area contributed by atoms with Crippen LogP contribution in [0.3, 0.4) is 0 Å². The van der Waals surface area contributed by atoms with E-state index in [4.69, 9.17) is 17.3 Å². The van der Waals surface area contributed by atoms with Gasteiger partial charge in [0.15, 0.2) is 10.6 Å². The highest BCUT2D eigenvalue weighted by atomic mass is 32.1. The molecule has 1 saturated carbocycles. The van der Waals surface area contributed by atoms with Gasteiger partial charge >= 0.3 is 0 Å². The molecule has 0 spiro atoms. The first-order valence-electron chi connectivity index (χ1n) is 9.48. The Bertz CT molecular complexity index is 1000. The molecular formula is C22H23FN4S. The molecule has 1 fully saturated rings. The maximum atomic E-state index is 13.2. The van der Waals surface area contributed by atoms with Gasteiger partial charge in [-0.15, -0.1) is 6.58 Å². The van der Waals surface area contributed by atoms with Crippen LogP contribution in [0.4, 0.5) is 4.39 Å². The standard InChI is InChI=1S/C22H23FN4S/c1-2-14-26-21(18-6-4-3-5-7-18)24-27(22(26)28)16-25(20-12-13-20)15-17-8-10-19(23)11-9-17/h2-11,20H,1,12-16H2. The Balaban J connectivity index is 1.63. The molecule has 0 atom stereocenters. The molecule has 144 valence electrons. The Morgan fingerprint density at radius 2 is 1.86 bits per heavy atom. The molecule has 4 rings (SSSR count). The van der Waals surface area contributed by atoms with Crippen molar-refractivity contribution in [2.75, 3.05) is 0 Å². The zero-order valence-corrected chi connectivity index (χ0v) is 16.5. The molecule has 1 aromatic heterocycles. The summed E-state index contributed by atoms with van der Waals surface area (Å²) in [6, 6.07) is 17.3. The number of halogens is 1. The SMILES string of the molecule is C=CCn1c(-c2ccccc2)nn(CN(Cc2ccc(F)cc2)C2CC2)c1=S. The van der Waals surface area contributed by atoms with Crippen molar-refractivity contribution in [1.82, 2.24) is 19.2 Å². The lowest BCUT2D eigenvalue weighted by molar-refractivity contribution is 0.186. The molecule has 0 bridgehead atoms. The molecule has 3 aromatic rings. The van der Waals surface area contributed by atoms with Gasteiger partial charge in [-0.05, 0) is 42.8 Å². The number of benzene rings is 2. The van der Waals surface area contributed by atoms with Crippen LogP contribution < -0.4 is 0 Å². The van der Waals surface area contributed by atoms with Gasteiger partial charge in [0.1, 0.15) is 5.82 Å². The van der Waals surface area contributed by atoms with Crippen molar-refractivity contribution in [3.05, 3.63) is 83.4 Å². The van der Waals surface area contributed by atoms with Gasteiger partial charge in [0.2, 0.25) is 0 Å². The predicted octanol–water partition coefficient (Wildman–Crippen LogP) is 5.03. The zero-order chi connectivity index (χ0) is 19.5. The van der Waals surface area contributed by atoms with Gasteiger partial charge in [-0.3, -0.25) is 9.47 Å². The summed E-state index contributed by atoms with van der Waals surface area (Å²) < 4.78 is 17.8. The summed E-state index contributed by atoms with van der Waals surface area (Å²) in [5.41, 5.74) is 2.12. The quantitative estimate of drug-likeness (QED) is 0.396. The Morgan fingerprint density at radius 3 is 2.50 bits per heavy atom. The smallest absolute Gasteiger partial charge is 0.199 e. The fraction of sp³-hybridized carbons (Fsp3) is 0.273. The van der Waals surface area contributed by atoms with E-state index in [1.165, 1.54) is 25.0 Å². The molecule has 2 aromatic carbocycles. The zero-order valence-electron chi connectivity index (χ0n) is 15.7. The molecule has 0 radical (unpaired) electrons. The second-order valence-corrected chi connectivity index (χ2v) is 7.48. The second kappa shape index (κ2) is 8.20. The molecule has 1 aliphatic rings. The predicted molar refractivity (Wildman–Crippen MR) is 112 cm³/mol. The van der Waals surface area contributed by atoms with Crippen LogP contribution in [0.5, 0.6) is 0 Å². The van der Waals surface area contributed by atoms with Gasteiger partial charge in [0.25, 0.3) is 0 Å². The van der Waals surface area contributed by atoms with Crippen LogP contribution in [0.15, 0.2) is 67.3 Å². The first-order chi connectivity index (χ1) is 13.7. The summed E-state index contributed by atoms with van der Waals surface area (Å²) in [7, 11) is 0. The topological polar surface area (TPSA) is 26.0 Å². The van der Waals surface area contributed by atoms with Crippen molar-refractivity contribution in [1.29, 1.82) is 0 Å². The van der Waals surface area contributed by atoms with Crippen LogP contribution in [-0.2, 0) is 19.8 Å². The van der Waals surface area contributed by atoms with Crippen LogP contribution in [0.1, 0.15) is 18.4 Å². The lowest BCUT2D eigenvalue weighted by atomic mass is 10.2. The Labute approximate surface area is 169 Å². The van der Waals surface area contributed by atoms with Crippen LogP contribution >= 0.6 is 12.2 Å². The summed E-state index contributed by atoms with van der Waals surface area (Å²) in [6.07, 6.45) is 4.19. The summed E-state index contributed by atoms with van der Waals surface area (Å²) >= 11 is 5.72. The molecule has 0 saturated heterocycles. The third-order valence-corrected chi connectivity index (χ3v) is 5.38. The van der Waals surface area contributed by atoms with E-state index in [0.29, 0.717) is 24.0 Å². The average Bonchev–Trinajstić information content (AvgIpc) is 3.51. The molecule has 4 nitrogen and oxygen atoms in total. The van der Waals surface area contributed by atoms with E-state index in [0.717, 1.165) is 23.5 Å². The van der Waals surface area contributed by atoms with Crippen molar-refractivity contribution in [2.24, 2.45) is 0 Å².